The topological polar surface area (TPSA) is 131 Å². The highest BCUT2D eigenvalue weighted by molar-refractivity contribution is 6.07. The number of nitrogens with zero attached hydrogens (tertiary/aromatic N) is 3. The second-order valence-corrected chi connectivity index (χ2v) is 7.10. The summed E-state index contributed by atoms with van der Waals surface area (Å²) < 4.78 is 11.3. The van der Waals surface area contributed by atoms with Crippen molar-refractivity contribution < 1.29 is 14.3 Å². The number of fused-ring (bicyclic) bond motifs is 2. The van der Waals surface area contributed by atoms with Gasteiger partial charge >= 0.3 is 0 Å². The van der Waals surface area contributed by atoms with Gasteiger partial charge in [0.05, 0.1) is 16.8 Å². The molecule has 0 saturated carbocycles. The summed E-state index contributed by atoms with van der Waals surface area (Å²) in [5.74, 6) is 0.916. The molecule has 0 saturated heterocycles. The van der Waals surface area contributed by atoms with Crippen LogP contribution >= 0.6 is 0 Å². The smallest absolute Gasteiger partial charge is 0.274 e. The molecule has 0 bridgehead atoms. The molecule has 160 valence electrons. The van der Waals surface area contributed by atoms with Crippen LogP contribution in [0.15, 0.2) is 53.3 Å². The van der Waals surface area contributed by atoms with Crippen LogP contribution in [0.4, 0.5) is 5.95 Å². The van der Waals surface area contributed by atoms with E-state index < -0.39 is 11.5 Å². The zero-order valence-corrected chi connectivity index (χ0v) is 17.0. The Kier molecular flexibility index (Phi) is 4.86. The number of rotatable bonds is 4. The van der Waals surface area contributed by atoms with Crippen LogP contribution in [0.25, 0.3) is 22.2 Å². The van der Waals surface area contributed by atoms with Crippen LogP contribution in [0, 0.1) is 6.92 Å². The van der Waals surface area contributed by atoms with Gasteiger partial charge in [-0.15, -0.1) is 10.2 Å². The monoisotopic (exact) mass is 430 g/mol. The summed E-state index contributed by atoms with van der Waals surface area (Å²) in [5.41, 5.74) is 7.42. The largest absolute Gasteiger partial charge is 0.486 e. The Balaban J connectivity index is 1.50. The van der Waals surface area contributed by atoms with Crippen molar-refractivity contribution in [3.8, 4) is 22.8 Å². The first kappa shape index (κ1) is 19.5. The number of aromatic nitrogens is 4. The number of hydrogen-bond acceptors (Lipinski definition) is 8. The van der Waals surface area contributed by atoms with E-state index in [9.17, 15) is 9.59 Å². The van der Waals surface area contributed by atoms with Crippen molar-refractivity contribution in [1.82, 2.24) is 25.6 Å². The van der Waals surface area contributed by atoms with Gasteiger partial charge in [-0.3, -0.25) is 25.4 Å². The Morgan fingerprint density at radius 2 is 1.84 bits per heavy atom. The van der Waals surface area contributed by atoms with Gasteiger partial charge in [0, 0.05) is 10.9 Å². The number of hydrazine groups is 1. The lowest BCUT2D eigenvalue weighted by Gasteiger charge is -2.19. The average molecular weight is 430 g/mol. The van der Waals surface area contributed by atoms with Gasteiger partial charge in [0.15, 0.2) is 11.5 Å². The number of carbonyl (C=O) groups excluding carboxylic acids is 1. The second kappa shape index (κ2) is 7.99. The van der Waals surface area contributed by atoms with Gasteiger partial charge in [0.25, 0.3) is 11.5 Å². The summed E-state index contributed by atoms with van der Waals surface area (Å²) in [6.45, 7) is 2.52. The van der Waals surface area contributed by atoms with Crippen LogP contribution in [0.1, 0.15) is 16.1 Å². The standard InChI is InChI=1S/C22H18N6O4/c1-12-20(29)24-22(27-25-12)28-26-21(30)15-11-17(23-16-5-3-2-4-14(15)16)13-6-7-18-19(10-13)32-9-8-31-18/h2-7,10-11H,8-9H2,1H3,(H,26,30)(H2,24,27,28,29). The number of nitrogens with one attached hydrogen (secondary N) is 3. The molecule has 5 rings (SSSR count). The van der Waals surface area contributed by atoms with Gasteiger partial charge in [0.1, 0.15) is 18.9 Å². The number of para-hydroxylation sites is 1. The first-order valence-corrected chi connectivity index (χ1v) is 9.88. The van der Waals surface area contributed by atoms with Crippen molar-refractivity contribution in [2.45, 2.75) is 6.92 Å². The van der Waals surface area contributed by atoms with E-state index in [4.69, 9.17) is 14.5 Å². The van der Waals surface area contributed by atoms with Crippen molar-refractivity contribution in [3.05, 3.63) is 70.1 Å². The zero-order valence-electron chi connectivity index (χ0n) is 17.0. The SMILES string of the molecule is Cc1nnc(NNC(=O)c2cc(-c3ccc4c(c3)OCCO4)nc3ccccc23)[nH]c1=O. The maximum absolute atomic E-state index is 13.0. The van der Waals surface area contributed by atoms with Crippen molar-refractivity contribution in [2.75, 3.05) is 18.6 Å². The van der Waals surface area contributed by atoms with Crippen LogP contribution in [-0.4, -0.2) is 39.3 Å². The molecule has 0 spiro atoms. The second-order valence-electron chi connectivity index (χ2n) is 7.10. The molecule has 0 aliphatic carbocycles. The number of carbonyl (C=O) groups is 1. The van der Waals surface area contributed by atoms with Crippen LogP contribution in [-0.2, 0) is 0 Å². The van der Waals surface area contributed by atoms with E-state index in [1.165, 1.54) is 6.92 Å². The number of anilines is 1. The highest BCUT2D eigenvalue weighted by Gasteiger charge is 2.17. The van der Waals surface area contributed by atoms with E-state index in [2.05, 4.69) is 26.0 Å². The van der Waals surface area contributed by atoms with Gasteiger partial charge in [-0.1, -0.05) is 18.2 Å². The summed E-state index contributed by atoms with van der Waals surface area (Å²) in [7, 11) is 0. The summed E-state index contributed by atoms with van der Waals surface area (Å²) in [6, 6.07) is 14.6. The van der Waals surface area contributed by atoms with Crippen LogP contribution in [0.5, 0.6) is 11.5 Å². The van der Waals surface area contributed by atoms with Gasteiger partial charge in [0.2, 0.25) is 5.95 Å². The Morgan fingerprint density at radius 3 is 2.69 bits per heavy atom. The number of hydrogen-bond donors (Lipinski definition) is 3. The maximum atomic E-state index is 13.0. The minimum absolute atomic E-state index is 0.0272. The third-order valence-electron chi connectivity index (χ3n) is 4.95. The molecule has 2 aromatic carbocycles. The molecule has 32 heavy (non-hydrogen) atoms. The number of pyridine rings is 1. The van der Waals surface area contributed by atoms with Crippen molar-refractivity contribution in [1.29, 1.82) is 0 Å². The molecule has 10 nitrogen and oxygen atoms in total. The minimum Gasteiger partial charge on any atom is -0.486 e. The predicted molar refractivity (Wildman–Crippen MR) is 117 cm³/mol. The third-order valence-corrected chi connectivity index (χ3v) is 4.95. The number of benzene rings is 2. The van der Waals surface area contributed by atoms with Gasteiger partial charge in [-0.2, -0.15) is 0 Å². The lowest BCUT2D eigenvalue weighted by Crippen LogP contribution is -2.32. The van der Waals surface area contributed by atoms with E-state index in [1.54, 1.807) is 6.07 Å². The number of H-pyrrole nitrogens is 1. The van der Waals surface area contributed by atoms with Crippen molar-refractivity contribution in [3.63, 3.8) is 0 Å². The molecule has 3 N–H and O–H groups in total. The molecule has 0 unspecified atom stereocenters. The lowest BCUT2D eigenvalue weighted by molar-refractivity contribution is 0.0964. The average Bonchev–Trinajstić information content (AvgIpc) is 2.83. The van der Waals surface area contributed by atoms with E-state index in [-0.39, 0.29) is 11.6 Å². The van der Waals surface area contributed by atoms with E-state index in [0.29, 0.717) is 46.9 Å². The molecule has 1 amide bonds. The first-order chi connectivity index (χ1) is 15.6. The predicted octanol–water partition coefficient (Wildman–Crippen LogP) is 2.22. The van der Waals surface area contributed by atoms with E-state index >= 15 is 0 Å². The first-order valence-electron chi connectivity index (χ1n) is 9.88. The van der Waals surface area contributed by atoms with Crippen LogP contribution in [0.3, 0.4) is 0 Å². The number of amides is 1. The quantitative estimate of drug-likeness (QED) is 0.420. The van der Waals surface area contributed by atoms with Crippen LogP contribution in [0.2, 0.25) is 0 Å². The maximum Gasteiger partial charge on any atom is 0.274 e. The lowest BCUT2D eigenvalue weighted by atomic mass is 10.0. The summed E-state index contributed by atoms with van der Waals surface area (Å²) in [5, 5.41) is 8.21. The molecule has 4 aromatic rings. The minimum atomic E-state index is -0.425. The number of aryl methyl sites for hydroxylation is 1. The van der Waals surface area contributed by atoms with Gasteiger partial charge in [-0.05, 0) is 37.3 Å². The fourth-order valence-corrected chi connectivity index (χ4v) is 3.35. The highest BCUT2D eigenvalue weighted by atomic mass is 16.6. The van der Waals surface area contributed by atoms with Gasteiger partial charge in [-0.25, -0.2) is 4.98 Å². The summed E-state index contributed by atoms with van der Waals surface area (Å²) in [6.07, 6.45) is 0. The molecule has 3 heterocycles. The van der Waals surface area contributed by atoms with E-state index in [0.717, 1.165) is 5.56 Å². The molecular formula is C22H18N6O4. The molecule has 0 radical (unpaired) electrons. The fraction of sp³-hybridized carbons (Fsp3) is 0.136. The summed E-state index contributed by atoms with van der Waals surface area (Å²) >= 11 is 0. The Morgan fingerprint density at radius 1 is 1.03 bits per heavy atom. The normalized spacial score (nSPS) is 12.4. The molecule has 0 atom stereocenters. The fourth-order valence-electron chi connectivity index (χ4n) is 3.35. The van der Waals surface area contributed by atoms with Crippen LogP contribution < -0.4 is 25.9 Å². The summed E-state index contributed by atoms with van der Waals surface area (Å²) in [4.78, 5) is 31.9. The molecule has 1 aliphatic heterocycles. The van der Waals surface area contributed by atoms with Crippen molar-refractivity contribution >= 4 is 22.8 Å². The molecule has 10 heteroatoms. The Bertz CT molecular complexity index is 1400. The Hall–Kier alpha value is -4.47. The number of aromatic amines is 1. The van der Waals surface area contributed by atoms with Crippen molar-refractivity contribution in [2.24, 2.45) is 0 Å². The highest BCUT2D eigenvalue weighted by Crippen LogP contribution is 2.35. The third kappa shape index (κ3) is 3.69. The molecule has 2 aromatic heterocycles. The molecular weight excluding hydrogens is 412 g/mol. The Labute approximate surface area is 181 Å². The molecule has 1 aliphatic rings. The zero-order chi connectivity index (χ0) is 22.1. The van der Waals surface area contributed by atoms with E-state index in [1.807, 2.05) is 42.5 Å². The number of ether oxygens (including phenoxy) is 2. The van der Waals surface area contributed by atoms with Gasteiger partial charge < -0.3 is 9.47 Å². The molecule has 0 fully saturated rings.